The standard InChI is InChI=1S/C11H19N3OS/c1-8(2)9-7-16-11(12-9)13-10(15)5-6-14(3)4/h7-8H,5-6H2,1-4H3,(H,12,13,15). The van der Waals surface area contributed by atoms with E-state index in [2.05, 4.69) is 24.1 Å². The molecule has 4 nitrogen and oxygen atoms in total. The summed E-state index contributed by atoms with van der Waals surface area (Å²) >= 11 is 1.48. The van der Waals surface area contributed by atoms with Crippen molar-refractivity contribution in [2.24, 2.45) is 0 Å². The second kappa shape index (κ2) is 5.96. The fraction of sp³-hybridized carbons (Fsp3) is 0.636. The molecule has 0 atom stereocenters. The van der Waals surface area contributed by atoms with Crippen molar-refractivity contribution in [2.75, 3.05) is 26.0 Å². The Morgan fingerprint density at radius 3 is 2.75 bits per heavy atom. The van der Waals surface area contributed by atoms with Gasteiger partial charge in [-0.2, -0.15) is 0 Å². The first-order chi connectivity index (χ1) is 7.49. The molecule has 1 aromatic heterocycles. The predicted octanol–water partition coefficient (Wildman–Crippen LogP) is 2.16. The molecule has 0 spiro atoms. The highest BCUT2D eigenvalue weighted by Gasteiger charge is 2.08. The van der Waals surface area contributed by atoms with Gasteiger partial charge < -0.3 is 10.2 Å². The number of aromatic nitrogens is 1. The first-order valence-electron chi connectivity index (χ1n) is 5.39. The smallest absolute Gasteiger partial charge is 0.227 e. The zero-order chi connectivity index (χ0) is 12.1. The van der Waals surface area contributed by atoms with Gasteiger partial charge in [-0.25, -0.2) is 4.98 Å². The lowest BCUT2D eigenvalue weighted by atomic mass is 10.2. The van der Waals surface area contributed by atoms with E-state index in [0.29, 0.717) is 17.5 Å². The molecule has 0 aromatic carbocycles. The summed E-state index contributed by atoms with van der Waals surface area (Å²) in [5.41, 5.74) is 1.04. The number of carbonyl (C=O) groups excluding carboxylic acids is 1. The Morgan fingerprint density at radius 2 is 2.25 bits per heavy atom. The van der Waals surface area contributed by atoms with Gasteiger partial charge in [-0.05, 0) is 20.0 Å². The number of hydrogen-bond donors (Lipinski definition) is 1. The van der Waals surface area contributed by atoms with E-state index in [1.165, 1.54) is 11.3 Å². The Balaban J connectivity index is 2.43. The van der Waals surface area contributed by atoms with E-state index >= 15 is 0 Å². The van der Waals surface area contributed by atoms with Crippen molar-refractivity contribution < 1.29 is 4.79 Å². The fourth-order valence-electron chi connectivity index (χ4n) is 1.12. The van der Waals surface area contributed by atoms with Crippen LogP contribution in [0.5, 0.6) is 0 Å². The van der Waals surface area contributed by atoms with Gasteiger partial charge in [0.1, 0.15) is 0 Å². The van der Waals surface area contributed by atoms with Crippen molar-refractivity contribution in [1.82, 2.24) is 9.88 Å². The Kier molecular flexibility index (Phi) is 4.89. The molecule has 0 bridgehead atoms. The average Bonchev–Trinajstić information content (AvgIpc) is 2.63. The van der Waals surface area contributed by atoms with Crippen molar-refractivity contribution >= 4 is 22.4 Å². The molecule has 1 N–H and O–H groups in total. The maximum Gasteiger partial charge on any atom is 0.227 e. The summed E-state index contributed by atoms with van der Waals surface area (Å²) in [7, 11) is 3.90. The van der Waals surface area contributed by atoms with Gasteiger partial charge in [-0.1, -0.05) is 13.8 Å². The number of nitrogens with one attached hydrogen (secondary N) is 1. The van der Waals surface area contributed by atoms with Crippen molar-refractivity contribution in [3.63, 3.8) is 0 Å². The molecule has 0 saturated heterocycles. The van der Waals surface area contributed by atoms with E-state index in [1.54, 1.807) is 0 Å². The Bertz CT molecular complexity index is 347. The lowest BCUT2D eigenvalue weighted by Crippen LogP contribution is -2.20. The van der Waals surface area contributed by atoms with E-state index in [0.717, 1.165) is 12.2 Å². The van der Waals surface area contributed by atoms with Crippen molar-refractivity contribution in [2.45, 2.75) is 26.2 Å². The van der Waals surface area contributed by atoms with Gasteiger partial charge in [0.25, 0.3) is 0 Å². The van der Waals surface area contributed by atoms with Crippen molar-refractivity contribution in [3.05, 3.63) is 11.1 Å². The van der Waals surface area contributed by atoms with Crippen LogP contribution in [0.3, 0.4) is 0 Å². The summed E-state index contributed by atoms with van der Waals surface area (Å²) in [4.78, 5) is 17.9. The van der Waals surface area contributed by atoms with Crippen LogP contribution in [0, 0.1) is 0 Å². The normalized spacial score (nSPS) is 11.1. The van der Waals surface area contributed by atoms with Gasteiger partial charge in [-0.3, -0.25) is 4.79 Å². The maximum atomic E-state index is 11.5. The highest BCUT2D eigenvalue weighted by atomic mass is 32.1. The van der Waals surface area contributed by atoms with Crippen LogP contribution in [-0.2, 0) is 4.79 Å². The summed E-state index contributed by atoms with van der Waals surface area (Å²) in [6.45, 7) is 4.94. The summed E-state index contributed by atoms with van der Waals surface area (Å²) in [5.74, 6) is 0.432. The molecular weight excluding hydrogens is 222 g/mol. The lowest BCUT2D eigenvalue weighted by molar-refractivity contribution is -0.116. The lowest BCUT2D eigenvalue weighted by Gasteiger charge is -2.08. The topological polar surface area (TPSA) is 45.2 Å². The van der Waals surface area contributed by atoms with Gasteiger partial charge in [0.15, 0.2) is 5.13 Å². The molecule has 1 rings (SSSR count). The molecule has 0 aliphatic carbocycles. The van der Waals surface area contributed by atoms with E-state index in [1.807, 2.05) is 24.4 Å². The average molecular weight is 241 g/mol. The number of thiazole rings is 1. The molecule has 1 aromatic rings. The molecule has 1 heterocycles. The molecule has 0 saturated carbocycles. The number of amides is 1. The largest absolute Gasteiger partial charge is 0.309 e. The summed E-state index contributed by atoms with van der Waals surface area (Å²) in [5, 5.41) is 5.51. The molecule has 0 aliphatic rings. The molecule has 1 amide bonds. The molecule has 90 valence electrons. The fourth-order valence-corrected chi connectivity index (χ4v) is 2.00. The molecular formula is C11H19N3OS. The number of hydrogen-bond acceptors (Lipinski definition) is 4. The molecule has 0 unspecified atom stereocenters. The van der Waals surface area contributed by atoms with E-state index in [-0.39, 0.29) is 5.91 Å². The summed E-state index contributed by atoms with van der Waals surface area (Å²) in [6.07, 6.45) is 0.504. The van der Waals surface area contributed by atoms with Crippen LogP contribution in [-0.4, -0.2) is 36.4 Å². The van der Waals surface area contributed by atoms with E-state index in [9.17, 15) is 4.79 Å². The van der Waals surface area contributed by atoms with Crippen LogP contribution < -0.4 is 5.32 Å². The van der Waals surface area contributed by atoms with E-state index < -0.39 is 0 Å². The third-order valence-electron chi connectivity index (χ3n) is 2.15. The van der Waals surface area contributed by atoms with Crippen LogP contribution in [0.1, 0.15) is 31.9 Å². The highest BCUT2D eigenvalue weighted by Crippen LogP contribution is 2.21. The highest BCUT2D eigenvalue weighted by molar-refractivity contribution is 7.13. The monoisotopic (exact) mass is 241 g/mol. The van der Waals surface area contributed by atoms with Crippen LogP contribution in [0.25, 0.3) is 0 Å². The molecule has 0 radical (unpaired) electrons. The summed E-state index contributed by atoms with van der Waals surface area (Å²) in [6, 6.07) is 0. The van der Waals surface area contributed by atoms with Gasteiger partial charge in [0.2, 0.25) is 5.91 Å². The van der Waals surface area contributed by atoms with Gasteiger partial charge in [-0.15, -0.1) is 11.3 Å². The Labute approximate surface area is 101 Å². The first kappa shape index (κ1) is 13.1. The van der Waals surface area contributed by atoms with Gasteiger partial charge in [0, 0.05) is 18.3 Å². The number of nitrogens with zero attached hydrogens (tertiary/aromatic N) is 2. The zero-order valence-electron chi connectivity index (χ0n) is 10.3. The van der Waals surface area contributed by atoms with Gasteiger partial charge in [0.05, 0.1) is 5.69 Å². The maximum absolute atomic E-state index is 11.5. The predicted molar refractivity (Wildman–Crippen MR) is 68.0 cm³/mol. The Hall–Kier alpha value is -0.940. The molecule has 5 heteroatoms. The summed E-state index contributed by atoms with van der Waals surface area (Å²) < 4.78 is 0. The van der Waals surface area contributed by atoms with Crippen molar-refractivity contribution in [1.29, 1.82) is 0 Å². The second-order valence-electron chi connectivity index (χ2n) is 4.33. The quantitative estimate of drug-likeness (QED) is 0.859. The SMILES string of the molecule is CC(C)c1csc(NC(=O)CCN(C)C)n1. The number of anilines is 1. The van der Waals surface area contributed by atoms with Crippen molar-refractivity contribution in [3.8, 4) is 0 Å². The molecule has 0 fully saturated rings. The minimum absolute atomic E-state index is 0.0263. The molecule has 0 aliphatic heterocycles. The molecule has 16 heavy (non-hydrogen) atoms. The number of rotatable bonds is 5. The first-order valence-corrected chi connectivity index (χ1v) is 6.27. The Morgan fingerprint density at radius 1 is 1.56 bits per heavy atom. The van der Waals surface area contributed by atoms with Gasteiger partial charge >= 0.3 is 0 Å². The van der Waals surface area contributed by atoms with E-state index in [4.69, 9.17) is 0 Å². The second-order valence-corrected chi connectivity index (χ2v) is 5.19. The number of carbonyl (C=O) groups is 1. The minimum atomic E-state index is 0.0263. The zero-order valence-corrected chi connectivity index (χ0v) is 11.1. The van der Waals surface area contributed by atoms with Crippen LogP contribution in [0.2, 0.25) is 0 Å². The third-order valence-corrected chi connectivity index (χ3v) is 2.92. The third kappa shape index (κ3) is 4.28. The van der Waals surface area contributed by atoms with Crippen LogP contribution >= 0.6 is 11.3 Å². The van der Waals surface area contributed by atoms with Crippen LogP contribution in [0.4, 0.5) is 5.13 Å². The van der Waals surface area contributed by atoms with Crippen LogP contribution in [0.15, 0.2) is 5.38 Å². The minimum Gasteiger partial charge on any atom is -0.309 e.